The number of hydrogen-bond donors (Lipinski definition) is 0. The zero-order valence-corrected chi connectivity index (χ0v) is 7.18. The Morgan fingerprint density at radius 3 is 2.55 bits per heavy atom. The molecule has 11 heavy (non-hydrogen) atoms. The minimum absolute atomic E-state index is 0.0168. The summed E-state index contributed by atoms with van der Waals surface area (Å²) in [5.74, 6) is 1.50. The van der Waals surface area contributed by atoms with Crippen LogP contribution in [0.5, 0.6) is 0 Å². The molecule has 0 bridgehead atoms. The molecule has 2 aliphatic carbocycles. The lowest BCUT2D eigenvalue weighted by Gasteiger charge is -2.42. The molecule has 60 valence electrons. The predicted octanol–water partition coefficient (Wildman–Crippen LogP) is 2.18. The maximum Gasteiger partial charge on any atom is 0.139 e. The van der Waals surface area contributed by atoms with Crippen molar-refractivity contribution in [1.29, 1.82) is 0 Å². The fourth-order valence-corrected chi connectivity index (χ4v) is 2.55. The highest BCUT2D eigenvalue weighted by Crippen LogP contribution is 2.59. The van der Waals surface area contributed by atoms with Gasteiger partial charge in [-0.05, 0) is 18.3 Å². The van der Waals surface area contributed by atoms with Crippen LogP contribution in [0, 0.1) is 17.3 Å². The first kappa shape index (κ1) is 7.08. The second-order valence-corrected chi connectivity index (χ2v) is 4.19. The van der Waals surface area contributed by atoms with Gasteiger partial charge >= 0.3 is 0 Å². The summed E-state index contributed by atoms with van der Waals surface area (Å²) in [5.41, 5.74) is 1.26. The number of Topliss-reactive ketones (excluding diaryl/α,β-unsaturated/α-hetero) is 1. The normalized spacial score (nSPS) is 48.9. The summed E-state index contributed by atoms with van der Waals surface area (Å²) in [6, 6.07) is 0. The van der Waals surface area contributed by atoms with Gasteiger partial charge in [-0.2, -0.15) is 0 Å². The van der Waals surface area contributed by atoms with Gasteiger partial charge < -0.3 is 0 Å². The zero-order valence-electron chi connectivity index (χ0n) is 7.18. The van der Waals surface area contributed by atoms with Gasteiger partial charge in [0.25, 0.3) is 0 Å². The van der Waals surface area contributed by atoms with Crippen LogP contribution >= 0.6 is 0 Å². The van der Waals surface area contributed by atoms with E-state index in [-0.39, 0.29) is 5.41 Å². The molecule has 0 aliphatic heterocycles. The third kappa shape index (κ3) is 0.597. The van der Waals surface area contributed by atoms with Crippen molar-refractivity contribution in [2.24, 2.45) is 17.3 Å². The first-order valence-corrected chi connectivity index (χ1v) is 4.27. The Hall–Kier alpha value is -0.590. The lowest BCUT2D eigenvalue weighted by molar-refractivity contribution is -0.144. The molecule has 0 radical (unpaired) electrons. The maximum absolute atomic E-state index is 11.3. The van der Waals surface area contributed by atoms with Crippen LogP contribution in [-0.2, 0) is 4.79 Å². The molecule has 3 unspecified atom stereocenters. The van der Waals surface area contributed by atoms with Crippen LogP contribution in [0.3, 0.4) is 0 Å². The van der Waals surface area contributed by atoms with Crippen LogP contribution < -0.4 is 0 Å². The fourth-order valence-electron chi connectivity index (χ4n) is 2.55. The fraction of sp³-hybridized carbons (Fsp3) is 0.700. The lowest BCUT2D eigenvalue weighted by Crippen LogP contribution is -2.47. The third-order valence-electron chi connectivity index (χ3n) is 3.90. The van der Waals surface area contributed by atoms with Crippen molar-refractivity contribution in [2.75, 3.05) is 0 Å². The molecule has 0 aromatic rings. The summed E-state index contributed by atoms with van der Waals surface area (Å²) >= 11 is 0. The van der Waals surface area contributed by atoms with Gasteiger partial charge in [0.15, 0.2) is 0 Å². The molecule has 0 amide bonds. The molecule has 0 saturated heterocycles. The highest BCUT2D eigenvalue weighted by Gasteiger charge is 2.58. The first-order valence-electron chi connectivity index (χ1n) is 4.27. The van der Waals surface area contributed by atoms with E-state index in [4.69, 9.17) is 0 Å². The molecule has 0 spiro atoms. The predicted molar refractivity (Wildman–Crippen MR) is 44.1 cm³/mol. The van der Waals surface area contributed by atoms with Gasteiger partial charge in [0.1, 0.15) is 5.78 Å². The summed E-state index contributed by atoms with van der Waals surface area (Å²) in [4.78, 5) is 11.3. The molecular weight excluding hydrogens is 136 g/mol. The summed E-state index contributed by atoms with van der Waals surface area (Å²) in [6.45, 7) is 8.25. The van der Waals surface area contributed by atoms with E-state index >= 15 is 0 Å². The molecule has 1 heteroatoms. The van der Waals surface area contributed by atoms with Crippen LogP contribution in [0.2, 0.25) is 0 Å². The average molecular weight is 150 g/mol. The molecule has 3 atom stereocenters. The van der Waals surface area contributed by atoms with Crippen molar-refractivity contribution in [1.82, 2.24) is 0 Å². The Labute approximate surface area is 67.5 Å². The van der Waals surface area contributed by atoms with Crippen LogP contribution in [0.25, 0.3) is 0 Å². The van der Waals surface area contributed by atoms with E-state index in [2.05, 4.69) is 20.4 Å². The molecular formula is C10H14O. The highest BCUT2D eigenvalue weighted by molar-refractivity contribution is 5.92. The number of fused-ring (bicyclic) bond motifs is 1. The monoisotopic (exact) mass is 150 g/mol. The van der Waals surface area contributed by atoms with E-state index in [1.807, 2.05) is 0 Å². The summed E-state index contributed by atoms with van der Waals surface area (Å²) in [7, 11) is 0. The lowest BCUT2D eigenvalue weighted by atomic mass is 9.59. The van der Waals surface area contributed by atoms with Gasteiger partial charge in [-0.3, -0.25) is 4.79 Å². The summed E-state index contributed by atoms with van der Waals surface area (Å²) in [5, 5.41) is 0. The smallest absolute Gasteiger partial charge is 0.139 e. The molecule has 1 nitrogen and oxygen atoms in total. The standard InChI is InChI=1S/C10H14O/c1-6-4-8-5-9(11)10(8,3)7(6)2/h7-8H,1,4-5H2,2-3H3. The summed E-state index contributed by atoms with van der Waals surface area (Å²) in [6.07, 6.45) is 1.89. The van der Waals surface area contributed by atoms with Crippen LogP contribution in [0.15, 0.2) is 12.2 Å². The van der Waals surface area contributed by atoms with Gasteiger partial charge in [-0.15, -0.1) is 0 Å². The Balaban J connectivity index is 2.36. The van der Waals surface area contributed by atoms with E-state index in [0.29, 0.717) is 17.6 Å². The van der Waals surface area contributed by atoms with E-state index in [9.17, 15) is 4.79 Å². The third-order valence-corrected chi connectivity index (χ3v) is 3.90. The minimum Gasteiger partial charge on any atom is -0.299 e. The quantitative estimate of drug-likeness (QED) is 0.484. The van der Waals surface area contributed by atoms with Gasteiger partial charge in [-0.25, -0.2) is 0 Å². The van der Waals surface area contributed by atoms with Gasteiger partial charge in [0.05, 0.1) is 0 Å². The topological polar surface area (TPSA) is 17.1 Å². The Morgan fingerprint density at radius 1 is 1.55 bits per heavy atom. The molecule has 2 aliphatic rings. The molecule has 2 fully saturated rings. The first-order chi connectivity index (χ1) is 5.06. The van der Waals surface area contributed by atoms with Crippen LogP contribution in [-0.4, -0.2) is 5.78 Å². The van der Waals surface area contributed by atoms with E-state index in [1.54, 1.807) is 0 Å². The SMILES string of the molecule is C=C1CC2CC(=O)C2(C)C1C. The van der Waals surface area contributed by atoms with Crippen molar-refractivity contribution >= 4 is 5.78 Å². The number of ketones is 1. The molecule has 0 aromatic heterocycles. The van der Waals surface area contributed by atoms with Gasteiger partial charge in [-0.1, -0.05) is 26.0 Å². The van der Waals surface area contributed by atoms with E-state index < -0.39 is 0 Å². The molecule has 0 N–H and O–H groups in total. The largest absolute Gasteiger partial charge is 0.299 e. The number of carbonyl (C=O) groups is 1. The highest BCUT2D eigenvalue weighted by atomic mass is 16.1. The molecule has 0 aromatic carbocycles. The molecule has 0 heterocycles. The van der Waals surface area contributed by atoms with Crippen LogP contribution in [0.4, 0.5) is 0 Å². The number of hydrogen-bond acceptors (Lipinski definition) is 1. The van der Waals surface area contributed by atoms with E-state index in [1.165, 1.54) is 5.57 Å². The zero-order chi connectivity index (χ0) is 8.22. The Morgan fingerprint density at radius 2 is 2.18 bits per heavy atom. The van der Waals surface area contributed by atoms with Crippen molar-refractivity contribution in [2.45, 2.75) is 26.7 Å². The second kappa shape index (κ2) is 1.77. The van der Waals surface area contributed by atoms with Gasteiger partial charge in [0.2, 0.25) is 0 Å². The average Bonchev–Trinajstić information content (AvgIpc) is 2.14. The van der Waals surface area contributed by atoms with Gasteiger partial charge in [0, 0.05) is 11.8 Å². The van der Waals surface area contributed by atoms with Crippen molar-refractivity contribution < 1.29 is 4.79 Å². The molecule has 2 saturated carbocycles. The number of carbonyl (C=O) groups excluding carboxylic acids is 1. The number of allylic oxidation sites excluding steroid dienone is 1. The molecule has 2 rings (SSSR count). The minimum atomic E-state index is -0.0168. The maximum atomic E-state index is 11.3. The van der Waals surface area contributed by atoms with Crippen molar-refractivity contribution in [3.05, 3.63) is 12.2 Å². The van der Waals surface area contributed by atoms with E-state index in [0.717, 1.165) is 12.8 Å². The Kier molecular flexibility index (Phi) is 1.14. The summed E-state index contributed by atoms with van der Waals surface area (Å²) < 4.78 is 0. The van der Waals surface area contributed by atoms with Crippen molar-refractivity contribution in [3.63, 3.8) is 0 Å². The van der Waals surface area contributed by atoms with Crippen molar-refractivity contribution in [3.8, 4) is 0 Å². The number of rotatable bonds is 0. The van der Waals surface area contributed by atoms with Crippen LogP contribution in [0.1, 0.15) is 26.7 Å². The Bertz CT molecular complexity index is 239. The second-order valence-electron chi connectivity index (χ2n) is 4.19.